The lowest BCUT2D eigenvalue weighted by Crippen LogP contribution is -2.03. The van der Waals surface area contributed by atoms with Gasteiger partial charge in [0.1, 0.15) is 0 Å². The number of hydrogen-bond acceptors (Lipinski definition) is 4. The molecule has 0 aromatic carbocycles. The topological polar surface area (TPSA) is 67.3 Å². The molecule has 0 fully saturated rings. The zero-order valence-electron chi connectivity index (χ0n) is 5.74. The first kappa shape index (κ1) is 10.4. The van der Waals surface area contributed by atoms with Gasteiger partial charge in [-0.05, 0) is 0 Å². The van der Waals surface area contributed by atoms with Crippen LogP contribution >= 0.6 is 11.3 Å². The summed E-state index contributed by atoms with van der Waals surface area (Å²) in [6.07, 6.45) is -4.23. The maximum atomic E-state index is 11.9. The monoisotopic (exact) mass is 233 g/mol. The molecule has 1 aromatic rings. The Kier molecular flexibility index (Phi) is 2.34. The highest BCUT2D eigenvalue weighted by Crippen LogP contribution is 2.33. The SMILES string of the molecule is O=S(=O)(O)c1cnc(C(F)(F)F)s1. The summed E-state index contributed by atoms with van der Waals surface area (Å²) in [5.74, 6) is 0. The van der Waals surface area contributed by atoms with Crippen LogP contribution in [0.5, 0.6) is 0 Å². The average molecular weight is 233 g/mol. The third-order valence-electron chi connectivity index (χ3n) is 0.981. The van der Waals surface area contributed by atoms with E-state index in [1.165, 1.54) is 0 Å². The number of alkyl halides is 3. The summed E-state index contributed by atoms with van der Waals surface area (Å²) < 4.78 is 63.8. The molecule has 0 saturated carbocycles. The quantitative estimate of drug-likeness (QED) is 0.744. The Labute approximate surface area is 74.8 Å². The second kappa shape index (κ2) is 2.93. The van der Waals surface area contributed by atoms with Crippen LogP contribution in [0.3, 0.4) is 0 Å². The lowest BCUT2D eigenvalue weighted by atomic mass is 10.7. The summed E-state index contributed by atoms with van der Waals surface area (Å²) in [4.78, 5) is 2.81. The fourth-order valence-electron chi connectivity index (χ4n) is 0.510. The van der Waals surface area contributed by atoms with Crippen LogP contribution in [-0.4, -0.2) is 18.0 Å². The number of aromatic nitrogens is 1. The minimum absolute atomic E-state index is 0.127. The predicted octanol–water partition coefficient (Wildman–Crippen LogP) is 1.41. The van der Waals surface area contributed by atoms with Crippen molar-refractivity contribution >= 4 is 21.5 Å². The molecule has 74 valence electrons. The van der Waals surface area contributed by atoms with Crippen LogP contribution in [0, 0.1) is 0 Å². The summed E-state index contributed by atoms with van der Waals surface area (Å²) in [6, 6.07) is 0. The normalized spacial score (nSPS) is 13.2. The van der Waals surface area contributed by atoms with Gasteiger partial charge in [0.05, 0.1) is 6.20 Å². The Morgan fingerprint density at radius 3 is 2.23 bits per heavy atom. The van der Waals surface area contributed by atoms with Gasteiger partial charge in [0, 0.05) is 0 Å². The van der Waals surface area contributed by atoms with Gasteiger partial charge in [-0.1, -0.05) is 11.3 Å². The van der Waals surface area contributed by atoms with Crippen molar-refractivity contribution in [2.45, 2.75) is 10.4 Å². The van der Waals surface area contributed by atoms with Gasteiger partial charge in [-0.3, -0.25) is 4.55 Å². The lowest BCUT2D eigenvalue weighted by Gasteiger charge is -1.98. The van der Waals surface area contributed by atoms with E-state index in [4.69, 9.17) is 4.55 Å². The van der Waals surface area contributed by atoms with Crippen molar-refractivity contribution in [1.29, 1.82) is 0 Å². The number of rotatable bonds is 1. The van der Waals surface area contributed by atoms with Gasteiger partial charge in [0.2, 0.25) is 0 Å². The Balaban J connectivity index is 3.16. The van der Waals surface area contributed by atoms with Gasteiger partial charge < -0.3 is 0 Å². The third kappa shape index (κ3) is 2.39. The maximum Gasteiger partial charge on any atom is 0.443 e. The largest absolute Gasteiger partial charge is 0.443 e. The molecule has 13 heavy (non-hydrogen) atoms. The molecule has 9 heteroatoms. The van der Waals surface area contributed by atoms with E-state index in [1.807, 2.05) is 0 Å². The fraction of sp³-hybridized carbons (Fsp3) is 0.250. The highest BCUT2D eigenvalue weighted by molar-refractivity contribution is 7.88. The zero-order chi connectivity index (χ0) is 10.3. The van der Waals surface area contributed by atoms with E-state index < -0.39 is 25.5 Å². The van der Waals surface area contributed by atoms with Crippen molar-refractivity contribution in [2.24, 2.45) is 0 Å². The maximum absolute atomic E-state index is 11.9. The van der Waals surface area contributed by atoms with Crippen LogP contribution in [0.25, 0.3) is 0 Å². The highest BCUT2D eigenvalue weighted by Gasteiger charge is 2.35. The molecule has 4 nitrogen and oxygen atoms in total. The number of halogens is 3. The molecule has 0 aliphatic carbocycles. The van der Waals surface area contributed by atoms with E-state index in [9.17, 15) is 21.6 Å². The van der Waals surface area contributed by atoms with Gasteiger partial charge in [-0.15, -0.1) is 0 Å². The molecule has 1 N–H and O–H groups in total. The van der Waals surface area contributed by atoms with Gasteiger partial charge in [0.25, 0.3) is 0 Å². The molecular formula is C4H2F3NO3S2. The van der Waals surface area contributed by atoms with Crippen LogP contribution in [0.1, 0.15) is 5.01 Å². The molecule has 0 aliphatic heterocycles. The Morgan fingerprint density at radius 2 is 2.00 bits per heavy atom. The van der Waals surface area contributed by atoms with E-state index in [0.717, 1.165) is 0 Å². The molecule has 1 heterocycles. The van der Waals surface area contributed by atoms with E-state index in [1.54, 1.807) is 0 Å². The molecule has 0 aliphatic rings. The van der Waals surface area contributed by atoms with E-state index >= 15 is 0 Å². The number of hydrogen-bond donors (Lipinski definition) is 1. The van der Waals surface area contributed by atoms with Crippen molar-refractivity contribution in [3.63, 3.8) is 0 Å². The molecular weight excluding hydrogens is 231 g/mol. The smallest absolute Gasteiger partial charge is 0.281 e. The van der Waals surface area contributed by atoms with Gasteiger partial charge in [-0.2, -0.15) is 21.6 Å². The minimum atomic E-state index is -4.69. The summed E-state index contributed by atoms with van der Waals surface area (Å²) in [6.45, 7) is 0. The molecule has 1 rings (SSSR count). The highest BCUT2D eigenvalue weighted by atomic mass is 32.3. The second-order valence-corrected chi connectivity index (χ2v) is 4.64. The van der Waals surface area contributed by atoms with Crippen molar-refractivity contribution < 1.29 is 26.1 Å². The van der Waals surface area contributed by atoms with Crippen molar-refractivity contribution in [1.82, 2.24) is 4.98 Å². The van der Waals surface area contributed by atoms with Gasteiger partial charge in [-0.25, -0.2) is 4.98 Å². The summed E-state index contributed by atoms with van der Waals surface area (Å²) in [5.41, 5.74) is 0. The lowest BCUT2D eigenvalue weighted by molar-refractivity contribution is -0.137. The number of nitrogens with zero attached hydrogens (tertiary/aromatic N) is 1. The zero-order valence-corrected chi connectivity index (χ0v) is 7.37. The first-order chi connectivity index (χ1) is 5.71. The first-order valence-corrected chi connectivity index (χ1v) is 4.97. The van der Waals surface area contributed by atoms with Crippen molar-refractivity contribution in [3.05, 3.63) is 11.2 Å². The van der Waals surface area contributed by atoms with Crippen molar-refractivity contribution in [3.8, 4) is 0 Å². The van der Waals surface area contributed by atoms with Crippen LogP contribution in [0.2, 0.25) is 0 Å². The van der Waals surface area contributed by atoms with E-state index in [-0.39, 0.29) is 11.3 Å². The number of thiazole rings is 1. The first-order valence-electron chi connectivity index (χ1n) is 2.72. The van der Waals surface area contributed by atoms with Crippen molar-refractivity contribution in [2.75, 3.05) is 0 Å². The molecule has 0 radical (unpaired) electrons. The Morgan fingerprint density at radius 1 is 1.46 bits per heavy atom. The molecule has 0 bridgehead atoms. The third-order valence-corrected chi connectivity index (χ3v) is 3.31. The Hall–Kier alpha value is -0.670. The standard InChI is InChI=1S/C4H2F3NO3S2/c5-4(6,7)3-8-1-2(12-3)13(9,10)11/h1H,(H,9,10,11). The van der Waals surface area contributed by atoms with Crippen LogP contribution in [0.15, 0.2) is 10.4 Å². The predicted molar refractivity (Wildman–Crippen MR) is 36.9 cm³/mol. The molecule has 1 aromatic heterocycles. The summed E-state index contributed by atoms with van der Waals surface area (Å²) >= 11 is -0.127. The fourth-order valence-corrected chi connectivity index (χ4v) is 1.87. The molecule has 0 unspecified atom stereocenters. The van der Waals surface area contributed by atoms with E-state index in [0.29, 0.717) is 6.20 Å². The molecule has 0 saturated heterocycles. The molecule has 0 spiro atoms. The molecule has 0 atom stereocenters. The second-order valence-electron chi connectivity index (χ2n) is 1.96. The average Bonchev–Trinajstić information content (AvgIpc) is 2.28. The van der Waals surface area contributed by atoms with Crippen LogP contribution in [0.4, 0.5) is 13.2 Å². The molecule has 0 amide bonds. The van der Waals surface area contributed by atoms with E-state index in [2.05, 4.69) is 4.98 Å². The summed E-state index contributed by atoms with van der Waals surface area (Å²) in [5, 5.41) is -1.31. The minimum Gasteiger partial charge on any atom is -0.281 e. The Bertz CT molecular complexity index is 407. The summed E-state index contributed by atoms with van der Waals surface area (Å²) in [7, 11) is -4.59. The van der Waals surface area contributed by atoms with Gasteiger partial charge >= 0.3 is 16.3 Å². The van der Waals surface area contributed by atoms with Crippen LogP contribution < -0.4 is 0 Å². The van der Waals surface area contributed by atoms with Crippen LogP contribution in [-0.2, 0) is 16.3 Å². The van der Waals surface area contributed by atoms with Gasteiger partial charge in [0.15, 0.2) is 9.22 Å².